The molecule has 3 aromatic rings. The quantitative estimate of drug-likeness (QED) is 0.635. The number of rotatable bonds is 5. The monoisotopic (exact) mass is 431 g/mol. The molecule has 2 aromatic carbocycles. The Balaban J connectivity index is 0.00000256. The smallest absolute Gasteiger partial charge is 0.278 e. The molecule has 9 heteroatoms. The molecule has 0 aliphatic carbocycles. The van der Waals surface area contributed by atoms with Crippen LogP contribution >= 0.6 is 12.4 Å². The van der Waals surface area contributed by atoms with Crippen molar-refractivity contribution < 1.29 is 13.9 Å². The second-order valence-corrected chi connectivity index (χ2v) is 6.99. The molecule has 0 radical (unpaired) electrons. The van der Waals surface area contributed by atoms with E-state index in [9.17, 15) is 9.18 Å². The minimum absolute atomic E-state index is 0. The largest absolute Gasteiger partial charge is 0.457 e. The molecule has 1 aliphatic heterocycles. The van der Waals surface area contributed by atoms with Gasteiger partial charge in [0, 0.05) is 11.8 Å². The number of piperidine rings is 1. The maximum Gasteiger partial charge on any atom is 0.278 e. The molecule has 1 saturated heterocycles. The molecule has 1 fully saturated rings. The Morgan fingerprint density at radius 1 is 1.17 bits per heavy atom. The molecule has 1 aromatic heterocycles. The molecule has 7 nitrogen and oxygen atoms in total. The summed E-state index contributed by atoms with van der Waals surface area (Å²) in [5, 5.41) is 14.4. The normalized spacial score (nSPS) is 14.1. The number of nitrogens with zero attached hydrogens (tertiary/aromatic N) is 3. The van der Waals surface area contributed by atoms with Gasteiger partial charge in [-0.3, -0.25) is 4.79 Å². The van der Waals surface area contributed by atoms with Gasteiger partial charge in [0.25, 0.3) is 5.91 Å². The summed E-state index contributed by atoms with van der Waals surface area (Å²) in [5.41, 5.74) is 1.70. The molecular formula is C21H23ClFN5O2. The number of carbonyl (C=O) groups is 1. The highest BCUT2D eigenvalue weighted by Gasteiger charge is 2.22. The number of halogens is 2. The molecule has 4 rings (SSSR count). The second-order valence-electron chi connectivity index (χ2n) is 6.99. The fourth-order valence-electron chi connectivity index (χ4n) is 3.41. The van der Waals surface area contributed by atoms with E-state index in [2.05, 4.69) is 20.9 Å². The van der Waals surface area contributed by atoms with Crippen LogP contribution in [0, 0.1) is 12.7 Å². The first-order valence-electron chi connectivity index (χ1n) is 9.57. The van der Waals surface area contributed by atoms with Crippen molar-refractivity contribution in [3.05, 3.63) is 65.7 Å². The third-order valence-electron chi connectivity index (χ3n) is 4.94. The van der Waals surface area contributed by atoms with Crippen LogP contribution in [-0.2, 0) is 0 Å². The van der Waals surface area contributed by atoms with Gasteiger partial charge in [-0.2, -0.15) is 0 Å². The average Bonchev–Trinajstić information content (AvgIpc) is 3.12. The van der Waals surface area contributed by atoms with Crippen LogP contribution in [0.1, 0.15) is 35.1 Å². The minimum atomic E-state index is -0.362. The van der Waals surface area contributed by atoms with Crippen LogP contribution in [0.3, 0.4) is 0 Å². The van der Waals surface area contributed by atoms with E-state index in [-0.39, 0.29) is 30.2 Å². The molecular weight excluding hydrogens is 409 g/mol. The topological polar surface area (TPSA) is 81.1 Å². The third-order valence-corrected chi connectivity index (χ3v) is 4.94. The van der Waals surface area contributed by atoms with E-state index in [4.69, 9.17) is 4.74 Å². The lowest BCUT2D eigenvalue weighted by molar-refractivity contribution is 0.102. The van der Waals surface area contributed by atoms with Crippen molar-refractivity contribution in [3.8, 4) is 11.5 Å². The predicted molar refractivity (Wildman–Crippen MR) is 114 cm³/mol. The van der Waals surface area contributed by atoms with Crippen molar-refractivity contribution in [2.24, 2.45) is 0 Å². The number of nitrogens with one attached hydrogen (secondary N) is 2. The van der Waals surface area contributed by atoms with Gasteiger partial charge >= 0.3 is 0 Å². The molecule has 0 saturated carbocycles. The van der Waals surface area contributed by atoms with Crippen molar-refractivity contribution in [2.75, 3.05) is 18.4 Å². The molecule has 2 N–H and O–H groups in total. The van der Waals surface area contributed by atoms with Crippen LogP contribution in [0.4, 0.5) is 10.1 Å². The standard InChI is InChI=1S/C21H22FN5O2.ClH/c1-14-20(25-26-27(14)17-9-11-23-12-10-17)21(28)24-16-5-7-18(8-6-16)29-19-4-2-3-15(22)13-19;/h2-8,13,17,23H,9-12H2,1H3,(H,24,28);1H. The fourth-order valence-corrected chi connectivity index (χ4v) is 3.41. The van der Waals surface area contributed by atoms with Crippen LogP contribution in [0.5, 0.6) is 11.5 Å². The lowest BCUT2D eigenvalue weighted by Crippen LogP contribution is -2.30. The molecule has 158 valence electrons. The summed E-state index contributed by atoms with van der Waals surface area (Å²) in [6, 6.07) is 13.0. The maximum absolute atomic E-state index is 13.2. The number of aromatic nitrogens is 3. The Hall–Kier alpha value is -2.97. The number of hydrogen-bond acceptors (Lipinski definition) is 5. The van der Waals surface area contributed by atoms with E-state index in [0.29, 0.717) is 22.9 Å². The van der Waals surface area contributed by atoms with Crippen molar-refractivity contribution in [1.82, 2.24) is 20.3 Å². The van der Waals surface area contributed by atoms with E-state index in [1.54, 1.807) is 36.4 Å². The first kappa shape index (κ1) is 21.7. The number of hydrogen-bond donors (Lipinski definition) is 2. The van der Waals surface area contributed by atoms with E-state index < -0.39 is 0 Å². The summed E-state index contributed by atoms with van der Waals surface area (Å²) >= 11 is 0. The number of carbonyl (C=O) groups excluding carboxylic acids is 1. The van der Waals surface area contributed by atoms with E-state index in [0.717, 1.165) is 31.6 Å². The average molecular weight is 432 g/mol. The van der Waals surface area contributed by atoms with Gasteiger partial charge in [-0.25, -0.2) is 9.07 Å². The van der Waals surface area contributed by atoms with Crippen molar-refractivity contribution in [1.29, 1.82) is 0 Å². The Bertz CT molecular complexity index is 1000. The van der Waals surface area contributed by atoms with E-state index in [1.807, 2.05) is 11.6 Å². The summed E-state index contributed by atoms with van der Waals surface area (Å²) in [4.78, 5) is 12.6. The SMILES string of the molecule is Cc1c(C(=O)Nc2ccc(Oc3cccc(F)c3)cc2)nnn1C1CCNCC1.Cl. The summed E-state index contributed by atoms with van der Waals surface area (Å²) < 4.78 is 20.7. The highest BCUT2D eigenvalue weighted by Crippen LogP contribution is 2.24. The molecule has 0 spiro atoms. The predicted octanol–water partition coefficient (Wildman–Crippen LogP) is 4.12. The maximum atomic E-state index is 13.2. The van der Waals surface area contributed by atoms with Crippen molar-refractivity contribution >= 4 is 24.0 Å². The highest BCUT2D eigenvalue weighted by molar-refractivity contribution is 6.03. The van der Waals surface area contributed by atoms with Crippen molar-refractivity contribution in [2.45, 2.75) is 25.8 Å². The van der Waals surface area contributed by atoms with Crippen molar-refractivity contribution in [3.63, 3.8) is 0 Å². The first-order chi connectivity index (χ1) is 14.1. The van der Waals surface area contributed by atoms with Gasteiger partial charge in [0.15, 0.2) is 5.69 Å². The number of benzene rings is 2. The van der Waals surface area contributed by atoms with Crippen LogP contribution in [-0.4, -0.2) is 34.0 Å². The van der Waals surface area contributed by atoms with Gasteiger partial charge in [-0.05, 0) is 69.3 Å². The van der Waals surface area contributed by atoms with E-state index >= 15 is 0 Å². The van der Waals surface area contributed by atoms with Gasteiger partial charge in [-0.1, -0.05) is 11.3 Å². The van der Waals surface area contributed by atoms with Gasteiger partial charge in [0.2, 0.25) is 0 Å². The summed E-state index contributed by atoms with van der Waals surface area (Å²) in [7, 11) is 0. The molecule has 1 amide bonds. The summed E-state index contributed by atoms with van der Waals surface area (Å²) in [6.45, 7) is 3.75. The van der Waals surface area contributed by atoms with Crippen LogP contribution in [0.25, 0.3) is 0 Å². The van der Waals surface area contributed by atoms with Crippen LogP contribution in [0.2, 0.25) is 0 Å². The Morgan fingerprint density at radius 3 is 2.60 bits per heavy atom. The van der Waals surface area contributed by atoms with E-state index in [1.165, 1.54) is 12.1 Å². The Morgan fingerprint density at radius 2 is 1.90 bits per heavy atom. The summed E-state index contributed by atoms with van der Waals surface area (Å²) in [6.07, 6.45) is 1.94. The third kappa shape index (κ3) is 4.95. The second kappa shape index (κ2) is 9.69. The molecule has 0 atom stereocenters. The Labute approximate surface area is 180 Å². The zero-order valence-corrected chi connectivity index (χ0v) is 17.3. The fraction of sp³-hybridized carbons (Fsp3) is 0.286. The Kier molecular flexibility index (Phi) is 7.02. The van der Waals surface area contributed by atoms with Crippen LogP contribution in [0.15, 0.2) is 48.5 Å². The molecule has 1 aliphatic rings. The zero-order valence-electron chi connectivity index (χ0n) is 16.5. The number of amides is 1. The summed E-state index contributed by atoms with van der Waals surface area (Å²) in [5.74, 6) is 0.286. The molecule has 0 unspecified atom stereocenters. The van der Waals surface area contributed by atoms with Gasteiger partial charge in [0.1, 0.15) is 17.3 Å². The number of anilines is 1. The lowest BCUT2D eigenvalue weighted by atomic mass is 10.1. The van der Waals surface area contributed by atoms with Crippen LogP contribution < -0.4 is 15.4 Å². The van der Waals surface area contributed by atoms with Gasteiger partial charge < -0.3 is 15.4 Å². The molecule has 30 heavy (non-hydrogen) atoms. The zero-order chi connectivity index (χ0) is 20.2. The number of ether oxygens (including phenoxy) is 1. The van der Waals surface area contributed by atoms with Gasteiger partial charge in [0.05, 0.1) is 11.7 Å². The molecule has 2 heterocycles. The minimum Gasteiger partial charge on any atom is -0.457 e. The molecule has 0 bridgehead atoms. The lowest BCUT2D eigenvalue weighted by Gasteiger charge is -2.23. The highest BCUT2D eigenvalue weighted by atomic mass is 35.5. The van der Waals surface area contributed by atoms with Gasteiger partial charge in [-0.15, -0.1) is 17.5 Å². The first-order valence-corrected chi connectivity index (χ1v) is 9.57.